The number of hydrogen-bond donors (Lipinski definition) is 3. The minimum atomic E-state index is -0.385. The van der Waals surface area contributed by atoms with Crippen LogP contribution < -0.4 is 26.2 Å². The van der Waals surface area contributed by atoms with Gasteiger partial charge in [-0.05, 0) is 54.8 Å². The number of fused-ring (bicyclic) bond motifs is 4. The van der Waals surface area contributed by atoms with Gasteiger partial charge in [-0.1, -0.05) is 18.2 Å². The Bertz CT molecular complexity index is 1290. The number of nitrogens with zero attached hydrogens (tertiary/aromatic N) is 2. The van der Waals surface area contributed by atoms with Gasteiger partial charge in [0, 0.05) is 48.7 Å². The van der Waals surface area contributed by atoms with Gasteiger partial charge in [0.05, 0.1) is 12.8 Å². The fourth-order valence-corrected chi connectivity index (χ4v) is 4.97. The fourth-order valence-electron chi connectivity index (χ4n) is 4.97. The van der Waals surface area contributed by atoms with Crippen LogP contribution in [0.5, 0.6) is 5.75 Å². The molecular formula is C26H27N5O4. The molecule has 9 nitrogen and oxygen atoms in total. The van der Waals surface area contributed by atoms with Crippen molar-refractivity contribution in [2.75, 3.05) is 36.1 Å². The molecule has 2 atom stereocenters. The second kappa shape index (κ2) is 9.54. The van der Waals surface area contributed by atoms with Crippen molar-refractivity contribution in [3.05, 3.63) is 82.8 Å². The molecule has 2 bridgehead atoms. The number of anilines is 3. The van der Waals surface area contributed by atoms with Gasteiger partial charge in [-0.15, -0.1) is 0 Å². The summed E-state index contributed by atoms with van der Waals surface area (Å²) in [5.41, 5.74) is 2.60. The molecule has 0 aliphatic carbocycles. The number of aromatic nitrogens is 1. The van der Waals surface area contributed by atoms with E-state index in [1.54, 1.807) is 59.0 Å². The number of methoxy groups -OCH3 is 1. The van der Waals surface area contributed by atoms with Crippen LogP contribution in [0.15, 0.2) is 71.5 Å². The molecule has 3 heterocycles. The Morgan fingerprint density at radius 2 is 1.60 bits per heavy atom. The average molecular weight is 474 g/mol. The SMILES string of the molecule is COc1ccc(NC(=O)N2C[C@H]3C[C@H](C2)c2c(NC(=O)Nc4ccccc4)ccc(=O)n2C3)cc1. The largest absolute Gasteiger partial charge is 0.497 e. The quantitative estimate of drug-likeness (QED) is 0.529. The molecule has 180 valence electrons. The molecule has 0 spiro atoms. The van der Waals surface area contributed by atoms with Crippen LogP contribution in [-0.4, -0.2) is 41.7 Å². The lowest BCUT2D eigenvalue weighted by atomic mass is 9.82. The van der Waals surface area contributed by atoms with Crippen LogP contribution in [0.25, 0.3) is 0 Å². The summed E-state index contributed by atoms with van der Waals surface area (Å²) in [4.78, 5) is 40.1. The third kappa shape index (κ3) is 4.84. The van der Waals surface area contributed by atoms with Crippen molar-refractivity contribution in [1.82, 2.24) is 9.47 Å². The van der Waals surface area contributed by atoms with Gasteiger partial charge in [-0.3, -0.25) is 4.79 Å². The van der Waals surface area contributed by atoms with Crippen molar-refractivity contribution in [2.24, 2.45) is 5.92 Å². The van der Waals surface area contributed by atoms with Crippen molar-refractivity contribution >= 4 is 29.1 Å². The van der Waals surface area contributed by atoms with Crippen LogP contribution in [0.3, 0.4) is 0 Å². The van der Waals surface area contributed by atoms with E-state index in [-0.39, 0.29) is 29.5 Å². The molecule has 3 aromatic rings. The van der Waals surface area contributed by atoms with Crippen molar-refractivity contribution < 1.29 is 14.3 Å². The number of hydrogen-bond acceptors (Lipinski definition) is 4. The molecular weight excluding hydrogens is 446 g/mol. The third-order valence-electron chi connectivity index (χ3n) is 6.50. The van der Waals surface area contributed by atoms with Gasteiger partial charge in [0.15, 0.2) is 0 Å². The number of amides is 4. The van der Waals surface area contributed by atoms with E-state index < -0.39 is 0 Å². The summed E-state index contributed by atoms with van der Waals surface area (Å²) in [7, 11) is 1.59. The lowest BCUT2D eigenvalue weighted by Crippen LogP contribution is -2.50. The number of carbonyl (C=O) groups is 2. The topological polar surface area (TPSA) is 105 Å². The first-order valence-corrected chi connectivity index (χ1v) is 11.6. The number of benzene rings is 2. The van der Waals surface area contributed by atoms with Gasteiger partial charge in [0.2, 0.25) is 0 Å². The number of likely N-dealkylation sites (tertiary alicyclic amines) is 1. The van der Waals surface area contributed by atoms with Gasteiger partial charge in [0.1, 0.15) is 5.75 Å². The molecule has 35 heavy (non-hydrogen) atoms. The number of pyridine rings is 1. The molecule has 4 amide bonds. The van der Waals surface area contributed by atoms with E-state index in [1.165, 1.54) is 6.07 Å². The molecule has 3 N–H and O–H groups in total. The van der Waals surface area contributed by atoms with Crippen molar-refractivity contribution in [3.63, 3.8) is 0 Å². The van der Waals surface area contributed by atoms with Gasteiger partial charge < -0.3 is 30.2 Å². The molecule has 1 fully saturated rings. The summed E-state index contributed by atoms with van der Waals surface area (Å²) >= 11 is 0. The predicted octanol–water partition coefficient (Wildman–Crippen LogP) is 4.15. The molecule has 2 aliphatic heterocycles. The lowest BCUT2D eigenvalue weighted by Gasteiger charge is -2.43. The van der Waals surface area contributed by atoms with E-state index in [2.05, 4.69) is 16.0 Å². The van der Waals surface area contributed by atoms with Crippen molar-refractivity contribution in [1.29, 1.82) is 0 Å². The van der Waals surface area contributed by atoms with Crippen LogP contribution in [0.2, 0.25) is 0 Å². The molecule has 2 aliphatic rings. The number of nitrogens with one attached hydrogen (secondary N) is 3. The minimum Gasteiger partial charge on any atom is -0.497 e. The molecule has 1 saturated heterocycles. The summed E-state index contributed by atoms with van der Waals surface area (Å²) in [6.45, 7) is 1.53. The Morgan fingerprint density at radius 3 is 2.34 bits per heavy atom. The standard InChI is InChI=1S/C26H27N5O4/c1-35-21-9-7-20(8-10-21)28-26(34)30-14-17-13-18(16-30)24-22(11-12-23(32)31(24)15-17)29-25(33)27-19-5-3-2-4-6-19/h2-12,17-18H,13-16H2,1H3,(H,28,34)(H2,27,29,33)/t17-,18-/m1/s1. The molecule has 0 saturated carbocycles. The van der Waals surface area contributed by atoms with Gasteiger partial charge in [0.25, 0.3) is 5.56 Å². The Hall–Kier alpha value is -4.27. The number of carbonyl (C=O) groups excluding carboxylic acids is 2. The first kappa shape index (κ1) is 22.5. The number of urea groups is 2. The second-order valence-electron chi connectivity index (χ2n) is 8.89. The van der Waals surface area contributed by atoms with Crippen LogP contribution >= 0.6 is 0 Å². The van der Waals surface area contributed by atoms with Crippen LogP contribution in [0, 0.1) is 5.92 Å². The molecule has 1 aromatic heterocycles. The molecule has 5 rings (SSSR count). The first-order valence-electron chi connectivity index (χ1n) is 11.6. The molecule has 0 unspecified atom stereocenters. The minimum absolute atomic E-state index is 0.0648. The Morgan fingerprint density at radius 1 is 0.857 bits per heavy atom. The van der Waals surface area contributed by atoms with Gasteiger partial charge in [-0.25, -0.2) is 9.59 Å². The van der Waals surface area contributed by atoms with Crippen LogP contribution in [-0.2, 0) is 6.54 Å². The molecule has 2 aromatic carbocycles. The summed E-state index contributed by atoms with van der Waals surface area (Å²) in [6, 6.07) is 18.9. The number of piperidine rings is 1. The fraction of sp³-hybridized carbons (Fsp3) is 0.269. The Kier molecular flexibility index (Phi) is 6.13. The summed E-state index contributed by atoms with van der Waals surface area (Å²) in [6.07, 6.45) is 0.852. The van der Waals surface area contributed by atoms with E-state index >= 15 is 0 Å². The van der Waals surface area contributed by atoms with E-state index in [0.29, 0.717) is 42.4 Å². The highest BCUT2D eigenvalue weighted by Crippen LogP contribution is 2.38. The number of ether oxygens (including phenoxy) is 1. The highest BCUT2D eigenvalue weighted by molar-refractivity contribution is 6.00. The molecule has 0 radical (unpaired) electrons. The van der Waals surface area contributed by atoms with E-state index in [1.807, 2.05) is 18.2 Å². The monoisotopic (exact) mass is 473 g/mol. The third-order valence-corrected chi connectivity index (χ3v) is 6.50. The van der Waals surface area contributed by atoms with Gasteiger partial charge >= 0.3 is 12.1 Å². The maximum Gasteiger partial charge on any atom is 0.323 e. The van der Waals surface area contributed by atoms with Gasteiger partial charge in [-0.2, -0.15) is 0 Å². The van der Waals surface area contributed by atoms with Crippen molar-refractivity contribution in [3.8, 4) is 5.75 Å². The summed E-state index contributed by atoms with van der Waals surface area (Å²) in [5, 5.41) is 8.66. The lowest BCUT2D eigenvalue weighted by molar-refractivity contribution is 0.140. The predicted molar refractivity (Wildman–Crippen MR) is 134 cm³/mol. The normalized spacial score (nSPS) is 18.3. The zero-order chi connectivity index (χ0) is 24.4. The zero-order valence-corrected chi connectivity index (χ0v) is 19.4. The summed E-state index contributed by atoms with van der Waals surface area (Å²) < 4.78 is 6.92. The number of rotatable bonds is 4. The highest BCUT2D eigenvalue weighted by atomic mass is 16.5. The van der Waals surface area contributed by atoms with Crippen LogP contribution in [0.4, 0.5) is 26.7 Å². The van der Waals surface area contributed by atoms with E-state index in [0.717, 1.165) is 12.1 Å². The highest BCUT2D eigenvalue weighted by Gasteiger charge is 2.38. The summed E-state index contributed by atoms with van der Waals surface area (Å²) in [5.74, 6) is 0.813. The van der Waals surface area contributed by atoms with E-state index in [9.17, 15) is 14.4 Å². The van der Waals surface area contributed by atoms with Crippen molar-refractivity contribution in [2.45, 2.75) is 18.9 Å². The number of para-hydroxylation sites is 1. The maximum atomic E-state index is 13.0. The van der Waals surface area contributed by atoms with E-state index in [4.69, 9.17) is 4.74 Å². The molecule has 9 heteroatoms. The first-order chi connectivity index (χ1) is 17.0. The second-order valence-corrected chi connectivity index (χ2v) is 8.89. The average Bonchev–Trinajstić information content (AvgIpc) is 2.86. The Labute approximate surface area is 202 Å². The van der Waals surface area contributed by atoms with Crippen LogP contribution in [0.1, 0.15) is 18.0 Å². The maximum absolute atomic E-state index is 13.0. The Balaban J connectivity index is 1.34. The smallest absolute Gasteiger partial charge is 0.323 e. The zero-order valence-electron chi connectivity index (χ0n) is 19.4.